The molecular formula is C7H12N4S. The molecule has 12 heavy (non-hydrogen) atoms. The summed E-state index contributed by atoms with van der Waals surface area (Å²) in [6.45, 7) is 6.09. The lowest BCUT2D eigenvalue weighted by Gasteiger charge is -2.20. The molecule has 0 N–H and O–H groups in total. The van der Waals surface area contributed by atoms with E-state index in [1.54, 1.807) is 11.8 Å². The minimum Gasteiger partial charge on any atom is -0.153 e. The first-order chi connectivity index (χ1) is 5.58. The zero-order valence-corrected chi connectivity index (χ0v) is 8.51. The van der Waals surface area contributed by atoms with Crippen molar-refractivity contribution in [1.82, 2.24) is 20.6 Å². The summed E-state index contributed by atoms with van der Waals surface area (Å²) in [5.41, 5.74) is 1.76. The van der Waals surface area contributed by atoms with E-state index in [1.807, 2.05) is 13.2 Å². The number of thioether (sulfide) groups is 1. The Bertz CT molecular complexity index is 274. The van der Waals surface area contributed by atoms with Gasteiger partial charge in [-0.15, -0.1) is 10.2 Å². The maximum absolute atomic E-state index is 3.98. The Hall–Kier alpha value is -0.710. The van der Waals surface area contributed by atoms with E-state index in [2.05, 4.69) is 34.5 Å². The van der Waals surface area contributed by atoms with Gasteiger partial charge in [0.1, 0.15) is 5.69 Å². The summed E-state index contributed by atoms with van der Waals surface area (Å²) in [6.07, 6.45) is 2.04. The van der Waals surface area contributed by atoms with Gasteiger partial charge in [-0.05, 0) is 37.5 Å². The molecule has 4 nitrogen and oxygen atoms in total. The van der Waals surface area contributed by atoms with Crippen molar-refractivity contribution < 1.29 is 0 Å². The molecule has 0 radical (unpaired) electrons. The molecule has 0 aliphatic heterocycles. The molecule has 0 saturated heterocycles. The van der Waals surface area contributed by atoms with E-state index in [0.717, 1.165) is 11.4 Å². The van der Waals surface area contributed by atoms with Crippen LogP contribution in [0, 0.1) is 6.92 Å². The zero-order chi connectivity index (χ0) is 9.19. The predicted octanol–water partition coefficient (Wildman–Crippen LogP) is 1.17. The molecule has 0 bridgehead atoms. The van der Waals surface area contributed by atoms with Crippen LogP contribution in [0.2, 0.25) is 0 Å². The smallest absolute Gasteiger partial charge is 0.103 e. The number of nitrogens with zero attached hydrogens (tertiary/aromatic N) is 4. The Labute approximate surface area is 76.2 Å². The maximum Gasteiger partial charge on any atom is 0.103 e. The number of hydrogen-bond donors (Lipinski definition) is 0. The third-order valence-corrected chi connectivity index (χ3v) is 3.02. The van der Waals surface area contributed by atoms with Crippen LogP contribution >= 0.6 is 11.8 Å². The molecule has 0 unspecified atom stereocenters. The van der Waals surface area contributed by atoms with E-state index >= 15 is 0 Å². The van der Waals surface area contributed by atoms with Crippen LogP contribution in [-0.4, -0.2) is 26.9 Å². The normalized spacial score (nSPS) is 11.7. The van der Waals surface area contributed by atoms with Crippen molar-refractivity contribution in [2.75, 3.05) is 6.26 Å². The lowest BCUT2D eigenvalue weighted by atomic mass is 10.1. The maximum atomic E-state index is 3.98. The molecule has 1 rings (SSSR count). The van der Waals surface area contributed by atoms with Crippen molar-refractivity contribution >= 4 is 11.8 Å². The van der Waals surface area contributed by atoms with Gasteiger partial charge in [0.25, 0.3) is 0 Å². The van der Waals surface area contributed by atoms with Gasteiger partial charge in [0, 0.05) is 0 Å². The first-order valence-electron chi connectivity index (χ1n) is 3.66. The average molecular weight is 184 g/mol. The van der Waals surface area contributed by atoms with Gasteiger partial charge in [-0.2, -0.15) is 11.8 Å². The summed E-state index contributed by atoms with van der Waals surface area (Å²) < 4.78 is -0.0347. The Morgan fingerprint density at radius 2 is 1.75 bits per heavy atom. The Morgan fingerprint density at radius 1 is 1.17 bits per heavy atom. The lowest BCUT2D eigenvalue weighted by Crippen LogP contribution is -2.18. The number of aromatic nitrogens is 4. The van der Waals surface area contributed by atoms with Crippen LogP contribution in [0.15, 0.2) is 0 Å². The molecule has 0 aliphatic carbocycles. The molecule has 0 amide bonds. The van der Waals surface area contributed by atoms with Crippen LogP contribution in [0.5, 0.6) is 0 Å². The molecule has 0 spiro atoms. The van der Waals surface area contributed by atoms with Gasteiger partial charge in [0.15, 0.2) is 0 Å². The second-order valence-electron chi connectivity index (χ2n) is 3.03. The lowest BCUT2D eigenvalue weighted by molar-refractivity contribution is 0.639. The van der Waals surface area contributed by atoms with E-state index in [4.69, 9.17) is 0 Å². The number of hydrogen-bond acceptors (Lipinski definition) is 5. The fourth-order valence-electron chi connectivity index (χ4n) is 0.924. The first-order valence-corrected chi connectivity index (χ1v) is 4.88. The predicted molar refractivity (Wildman–Crippen MR) is 48.9 cm³/mol. The van der Waals surface area contributed by atoms with E-state index in [9.17, 15) is 0 Å². The van der Waals surface area contributed by atoms with Crippen LogP contribution in [-0.2, 0) is 4.75 Å². The molecule has 0 aliphatic rings. The number of aryl methyl sites for hydroxylation is 1. The van der Waals surface area contributed by atoms with Crippen molar-refractivity contribution in [2.24, 2.45) is 0 Å². The van der Waals surface area contributed by atoms with Crippen LogP contribution in [0.4, 0.5) is 0 Å². The molecule has 0 aromatic carbocycles. The third kappa shape index (κ3) is 1.72. The summed E-state index contributed by atoms with van der Waals surface area (Å²) in [4.78, 5) is 0. The standard InChI is InChI=1S/C7H12N4S/c1-5-6(7(2,3)12-4)9-11-10-8-5/h1-4H3. The Kier molecular flexibility index (Phi) is 2.62. The van der Waals surface area contributed by atoms with Crippen LogP contribution in [0.25, 0.3) is 0 Å². The average Bonchev–Trinajstić information content (AvgIpc) is 2.05. The molecular weight excluding hydrogens is 172 g/mol. The molecule has 1 heterocycles. The highest BCUT2D eigenvalue weighted by Crippen LogP contribution is 2.32. The third-order valence-electron chi connectivity index (χ3n) is 1.80. The quantitative estimate of drug-likeness (QED) is 0.690. The van der Waals surface area contributed by atoms with Gasteiger partial charge in [0.2, 0.25) is 0 Å². The van der Waals surface area contributed by atoms with E-state index in [0.29, 0.717) is 0 Å². The summed E-state index contributed by atoms with van der Waals surface area (Å²) in [5.74, 6) is 0. The Balaban J connectivity index is 3.10. The van der Waals surface area contributed by atoms with Crippen molar-refractivity contribution in [3.05, 3.63) is 11.4 Å². The highest BCUT2D eigenvalue weighted by atomic mass is 32.2. The summed E-state index contributed by atoms with van der Waals surface area (Å²) >= 11 is 1.72. The summed E-state index contributed by atoms with van der Waals surface area (Å²) in [7, 11) is 0. The van der Waals surface area contributed by atoms with E-state index in [1.165, 1.54) is 0 Å². The van der Waals surface area contributed by atoms with Gasteiger partial charge in [-0.25, -0.2) is 0 Å². The second kappa shape index (κ2) is 3.35. The van der Waals surface area contributed by atoms with Crippen molar-refractivity contribution in [3.8, 4) is 0 Å². The Morgan fingerprint density at radius 3 is 2.25 bits per heavy atom. The SMILES string of the molecule is CSC(C)(C)c1nnnnc1C. The molecule has 66 valence electrons. The zero-order valence-electron chi connectivity index (χ0n) is 7.70. The van der Waals surface area contributed by atoms with Gasteiger partial charge < -0.3 is 0 Å². The summed E-state index contributed by atoms with van der Waals surface area (Å²) in [5, 5.41) is 14.8. The largest absolute Gasteiger partial charge is 0.153 e. The highest BCUT2D eigenvalue weighted by Gasteiger charge is 2.24. The van der Waals surface area contributed by atoms with Gasteiger partial charge in [-0.1, -0.05) is 0 Å². The van der Waals surface area contributed by atoms with E-state index in [-0.39, 0.29) is 4.75 Å². The van der Waals surface area contributed by atoms with Crippen LogP contribution < -0.4 is 0 Å². The van der Waals surface area contributed by atoms with Crippen molar-refractivity contribution in [1.29, 1.82) is 0 Å². The fourth-order valence-corrected chi connectivity index (χ4v) is 1.31. The topological polar surface area (TPSA) is 51.6 Å². The molecule has 1 aromatic heterocycles. The van der Waals surface area contributed by atoms with Crippen molar-refractivity contribution in [3.63, 3.8) is 0 Å². The van der Waals surface area contributed by atoms with Gasteiger partial charge in [0.05, 0.1) is 10.4 Å². The van der Waals surface area contributed by atoms with E-state index < -0.39 is 0 Å². The molecule has 1 aromatic rings. The molecule has 5 heteroatoms. The minimum atomic E-state index is -0.0347. The molecule has 0 atom stereocenters. The first kappa shape index (κ1) is 9.38. The molecule has 0 saturated carbocycles. The number of rotatable bonds is 2. The van der Waals surface area contributed by atoms with Gasteiger partial charge in [-0.3, -0.25) is 0 Å². The monoisotopic (exact) mass is 184 g/mol. The second-order valence-corrected chi connectivity index (χ2v) is 4.46. The fraction of sp³-hybridized carbons (Fsp3) is 0.714. The van der Waals surface area contributed by atoms with Crippen LogP contribution in [0.1, 0.15) is 25.2 Å². The van der Waals surface area contributed by atoms with Crippen LogP contribution in [0.3, 0.4) is 0 Å². The molecule has 0 fully saturated rings. The van der Waals surface area contributed by atoms with Crippen molar-refractivity contribution in [2.45, 2.75) is 25.5 Å². The van der Waals surface area contributed by atoms with Gasteiger partial charge >= 0.3 is 0 Å². The minimum absolute atomic E-state index is 0.0347. The summed E-state index contributed by atoms with van der Waals surface area (Å²) in [6, 6.07) is 0. The highest BCUT2D eigenvalue weighted by molar-refractivity contribution is 7.99.